The van der Waals surface area contributed by atoms with E-state index in [0.29, 0.717) is 13.1 Å². The number of nitrogens with zero attached hydrogens (tertiary/aromatic N) is 1. The Labute approximate surface area is 113 Å². The van der Waals surface area contributed by atoms with Gasteiger partial charge in [-0.25, -0.2) is 4.39 Å². The van der Waals surface area contributed by atoms with E-state index in [4.69, 9.17) is 4.74 Å². The van der Waals surface area contributed by atoms with Gasteiger partial charge < -0.3 is 9.64 Å². The van der Waals surface area contributed by atoms with Crippen LogP contribution in [0.25, 0.3) is 0 Å². The zero-order chi connectivity index (χ0) is 14.0. The van der Waals surface area contributed by atoms with E-state index in [2.05, 4.69) is 4.90 Å². The summed E-state index contributed by atoms with van der Waals surface area (Å²) in [6.45, 7) is 5.04. The summed E-state index contributed by atoms with van der Waals surface area (Å²) in [5, 5.41) is 0. The van der Waals surface area contributed by atoms with Gasteiger partial charge in [-0.15, -0.1) is 0 Å². The van der Waals surface area contributed by atoms with Gasteiger partial charge in [0.2, 0.25) is 0 Å². The van der Waals surface area contributed by atoms with Crippen molar-refractivity contribution in [2.45, 2.75) is 32.0 Å². The summed E-state index contributed by atoms with van der Waals surface area (Å²) >= 11 is 0. The molecule has 1 saturated heterocycles. The fourth-order valence-corrected chi connectivity index (χ4v) is 2.51. The van der Waals surface area contributed by atoms with Gasteiger partial charge in [0.15, 0.2) is 5.78 Å². The highest BCUT2D eigenvalue weighted by Gasteiger charge is 2.35. The van der Waals surface area contributed by atoms with E-state index in [1.807, 2.05) is 20.9 Å². The van der Waals surface area contributed by atoms with Crippen molar-refractivity contribution in [2.75, 3.05) is 20.1 Å². The molecule has 1 heterocycles. The first-order valence-electron chi connectivity index (χ1n) is 6.60. The van der Waals surface area contributed by atoms with Crippen LogP contribution in [-0.4, -0.2) is 43.0 Å². The maximum Gasteiger partial charge on any atom is 0.171 e. The van der Waals surface area contributed by atoms with E-state index >= 15 is 0 Å². The van der Waals surface area contributed by atoms with Gasteiger partial charge in [-0.2, -0.15) is 0 Å². The SMILES string of the molecule is CC(C)OC1CN(C)CC(c2cccc(F)c2)C1=O. The Balaban J connectivity index is 2.22. The van der Waals surface area contributed by atoms with Crippen LogP contribution in [0, 0.1) is 5.82 Å². The molecule has 1 aliphatic heterocycles. The van der Waals surface area contributed by atoms with Gasteiger partial charge in [-0.3, -0.25) is 4.79 Å². The number of likely N-dealkylation sites (tertiary alicyclic amines) is 1. The van der Waals surface area contributed by atoms with Crippen molar-refractivity contribution in [2.24, 2.45) is 0 Å². The van der Waals surface area contributed by atoms with Crippen molar-refractivity contribution in [3.8, 4) is 0 Å². The summed E-state index contributed by atoms with van der Waals surface area (Å²) in [6.07, 6.45) is -0.416. The van der Waals surface area contributed by atoms with Crippen molar-refractivity contribution in [1.29, 1.82) is 0 Å². The topological polar surface area (TPSA) is 29.5 Å². The lowest BCUT2D eigenvalue weighted by Gasteiger charge is -2.35. The maximum atomic E-state index is 13.3. The predicted molar refractivity (Wildman–Crippen MR) is 71.7 cm³/mol. The summed E-state index contributed by atoms with van der Waals surface area (Å²) in [6, 6.07) is 6.28. The molecule has 2 unspecified atom stereocenters. The molecule has 1 aromatic rings. The van der Waals surface area contributed by atoms with Gasteiger partial charge in [0, 0.05) is 13.1 Å². The van der Waals surface area contributed by atoms with Crippen molar-refractivity contribution >= 4 is 5.78 Å². The number of ketones is 1. The fourth-order valence-electron chi connectivity index (χ4n) is 2.51. The van der Waals surface area contributed by atoms with Gasteiger partial charge in [-0.1, -0.05) is 12.1 Å². The second-order valence-corrected chi connectivity index (χ2v) is 5.40. The predicted octanol–water partition coefficient (Wildman–Crippen LogP) is 2.22. The maximum absolute atomic E-state index is 13.3. The Morgan fingerprint density at radius 1 is 1.37 bits per heavy atom. The molecule has 1 aliphatic rings. The zero-order valence-electron chi connectivity index (χ0n) is 11.6. The molecule has 3 nitrogen and oxygen atoms in total. The molecular formula is C15H20FNO2. The molecule has 0 radical (unpaired) electrons. The number of hydrogen-bond acceptors (Lipinski definition) is 3. The van der Waals surface area contributed by atoms with Gasteiger partial charge >= 0.3 is 0 Å². The van der Waals surface area contributed by atoms with Crippen LogP contribution in [0.2, 0.25) is 0 Å². The summed E-state index contributed by atoms with van der Waals surface area (Å²) in [7, 11) is 1.95. The number of carbonyl (C=O) groups is 1. The second kappa shape index (κ2) is 5.80. The molecule has 0 spiro atoms. The van der Waals surface area contributed by atoms with E-state index in [-0.39, 0.29) is 23.6 Å². The van der Waals surface area contributed by atoms with Gasteiger partial charge in [0.05, 0.1) is 12.0 Å². The number of rotatable bonds is 3. The first-order chi connectivity index (χ1) is 8.97. The largest absolute Gasteiger partial charge is 0.366 e. The minimum absolute atomic E-state index is 0.00797. The second-order valence-electron chi connectivity index (χ2n) is 5.40. The normalized spacial score (nSPS) is 25.0. The lowest BCUT2D eigenvalue weighted by atomic mass is 9.88. The fraction of sp³-hybridized carbons (Fsp3) is 0.533. The number of likely N-dealkylation sites (N-methyl/N-ethyl adjacent to an activating group) is 1. The van der Waals surface area contributed by atoms with Gasteiger partial charge in [-0.05, 0) is 38.6 Å². The third-order valence-corrected chi connectivity index (χ3v) is 3.32. The highest BCUT2D eigenvalue weighted by Crippen LogP contribution is 2.25. The quantitative estimate of drug-likeness (QED) is 0.839. The highest BCUT2D eigenvalue weighted by molar-refractivity contribution is 5.91. The number of Topliss-reactive ketones (excluding diaryl/α,β-unsaturated/α-hetero) is 1. The average molecular weight is 265 g/mol. The number of hydrogen-bond donors (Lipinski definition) is 0. The molecule has 19 heavy (non-hydrogen) atoms. The molecule has 1 aromatic carbocycles. The highest BCUT2D eigenvalue weighted by atomic mass is 19.1. The van der Waals surface area contributed by atoms with Crippen LogP contribution in [-0.2, 0) is 9.53 Å². The van der Waals surface area contributed by atoms with Gasteiger partial charge in [0.25, 0.3) is 0 Å². The van der Waals surface area contributed by atoms with E-state index in [0.717, 1.165) is 5.56 Å². The van der Waals surface area contributed by atoms with Crippen LogP contribution in [0.15, 0.2) is 24.3 Å². The smallest absolute Gasteiger partial charge is 0.171 e. The molecule has 4 heteroatoms. The van der Waals surface area contributed by atoms with E-state index in [9.17, 15) is 9.18 Å². The van der Waals surface area contributed by atoms with Crippen molar-refractivity contribution < 1.29 is 13.9 Å². The first-order valence-corrected chi connectivity index (χ1v) is 6.60. The minimum Gasteiger partial charge on any atom is -0.366 e. The Bertz CT molecular complexity index is 459. The molecular weight excluding hydrogens is 245 g/mol. The molecule has 0 N–H and O–H groups in total. The minimum atomic E-state index is -0.424. The molecule has 2 atom stereocenters. The van der Waals surface area contributed by atoms with Crippen LogP contribution in [0.1, 0.15) is 25.3 Å². The first kappa shape index (κ1) is 14.2. The standard InChI is InChI=1S/C15H20FNO2/c1-10(2)19-14-9-17(3)8-13(15(14)18)11-5-4-6-12(16)7-11/h4-7,10,13-14H,8-9H2,1-3H3. The van der Waals surface area contributed by atoms with Crippen molar-refractivity contribution in [3.05, 3.63) is 35.6 Å². The van der Waals surface area contributed by atoms with Crippen LogP contribution >= 0.6 is 0 Å². The number of ether oxygens (including phenoxy) is 1. The molecule has 0 aliphatic carbocycles. The monoisotopic (exact) mass is 265 g/mol. The van der Waals surface area contributed by atoms with Crippen LogP contribution in [0.3, 0.4) is 0 Å². The summed E-state index contributed by atoms with van der Waals surface area (Å²) in [5.41, 5.74) is 0.730. The summed E-state index contributed by atoms with van der Waals surface area (Å²) in [5.74, 6) is -0.560. The van der Waals surface area contributed by atoms with E-state index in [1.165, 1.54) is 12.1 Å². The number of carbonyl (C=O) groups excluding carboxylic acids is 1. The molecule has 0 bridgehead atoms. The summed E-state index contributed by atoms with van der Waals surface area (Å²) < 4.78 is 19.0. The van der Waals surface area contributed by atoms with Crippen LogP contribution in [0.4, 0.5) is 4.39 Å². The molecule has 0 aromatic heterocycles. The summed E-state index contributed by atoms with van der Waals surface area (Å²) in [4.78, 5) is 14.5. The third-order valence-electron chi connectivity index (χ3n) is 3.32. The lowest BCUT2D eigenvalue weighted by Crippen LogP contribution is -2.49. The van der Waals surface area contributed by atoms with Gasteiger partial charge in [0.1, 0.15) is 11.9 Å². The number of benzene rings is 1. The Hall–Kier alpha value is -1.26. The average Bonchev–Trinajstić information content (AvgIpc) is 2.32. The molecule has 0 saturated carbocycles. The Morgan fingerprint density at radius 3 is 2.74 bits per heavy atom. The molecule has 1 fully saturated rings. The number of halogens is 1. The number of piperidine rings is 1. The van der Waals surface area contributed by atoms with Crippen molar-refractivity contribution in [1.82, 2.24) is 4.90 Å². The van der Waals surface area contributed by atoms with E-state index < -0.39 is 6.10 Å². The van der Waals surface area contributed by atoms with Crippen molar-refractivity contribution in [3.63, 3.8) is 0 Å². The molecule has 104 valence electrons. The van der Waals surface area contributed by atoms with E-state index in [1.54, 1.807) is 12.1 Å². The zero-order valence-corrected chi connectivity index (χ0v) is 11.6. The molecule has 2 rings (SSSR count). The Morgan fingerprint density at radius 2 is 2.11 bits per heavy atom. The van der Waals surface area contributed by atoms with Crippen LogP contribution < -0.4 is 0 Å². The Kier molecular flexibility index (Phi) is 4.32. The van der Waals surface area contributed by atoms with Crippen LogP contribution in [0.5, 0.6) is 0 Å². The molecule has 0 amide bonds. The lowest BCUT2D eigenvalue weighted by molar-refractivity contribution is -0.140. The third kappa shape index (κ3) is 3.39.